The maximum Gasteiger partial charge on any atom is 0.236 e. The van der Waals surface area contributed by atoms with Crippen molar-refractivity contribution in [1.29, 1.82) is 0 Å². The zero-order valence-electron chi connectivity index (χ0n) is 10.9. The van der Waals surface area contributed by atoms with E-state index in [1.807, 2.05) is 23.1 Å². The molecule has 1 atom stereocenters. The first-order valence-electron chi connectivity index (χ1n) is 6.64. The maximum atomic E-state index is 12.0. The summed E-state index contributed by atoms with van der Waals surface area (Å²) < 4.78 is 0. The third kappa shape index (κ3) is 3.81. The number of pyridine rings is 1. The molecule has 98 valence electrons. The quantitative estimate of drug-likeness (QED) is 0.875. The number of aromatic nitrogens is 1. The van der Waals surface area contributed by atoms with E-state index >= 15 is 0 Å². The van der Waals surface area contributed by atoms with Crippen LogP contribution in [0.3, 0.4) is 0 Å². The van der Waals surface area contributed by atoms with E-state index < -0.39 is 0 Å². The van der Waals surface area contributed by atoms with E-state index in [1.54, 1.807) is 6.20 Å². The Morgan fingerprint density at radius 2 is 2.44 bits per heavy atom. The Hall–Kier alpha value is -1.42. The van der Waals surface area contributed by atoms with Crippen LogP contribution < -0.4 is 5.32 Å². The fourth-order valence-electron chi connectivity index (χ4n) is 2.33. The van der Waals surface area contributed by atoms with Gasteiger partial charge in [0.05, 0.1) is 12.2 Å². The number of carbonyl (C=O) groups excluding carboxylic acids is 1. The van der Waals surface area contributed by atoms with Crippen LogP contribution in [0.2, 0.25) is 0 Å². The van der Waals surface area contributed by atoms with Gasteiger partial charge >= 0.3 is 0 Å². The van der Waals surface area contributed by atoms with Gasteiger partial charge in [0.15, 0.2) is 0 Å². The van der Waals surface area contributed by atoms with Crippen LogP contribution in [0.5, 0.6) is 0 Å². The smallest absolute Gasteiger partial charge is 0.236 e. The molecule has 2 heterocycles. The second-order valence-corrected chi connectivity index (χ2v) is 5.01. The molecule has 1 aromatic heterocycles. The van der Waals surface area contributed by atoms with Gasteiger partial charge in [0.25, 0.3) is 0 Å². The molecule has 4 heteroatoms. The number of hydrogen-bond acceptors (Lipinski definition) is 3. The van der Waals surface area contributed by atoms with E-state index in [1.165, 1.54) is 6.42 Å². The second-order valence-electron chi connectivity index (χ2n) is 5.01. The van der Waals surface area contributed by atoms with E-state index in [0.717, 1.165) is 25.2 Å². The van der Waals surface area contributed by atoms with E-state index in [0.29, 0.717) is 19.0 Å². The highest BCUT2D eigenvalue weighted by Gasteiger charge is 2.20. The molecule has 0 saturated carbocycles. The molecular weight excluding hydrogens is 226 g/mol. The lowest BCUT2D eigenvalue weighted by Crippen LogP contribution is -2.43. The average Bonchev–Trinajstić information content (AvgIpc) is 2.40. The molecule has 1 amide bonds. The molecule has 1 aromatic rings. The molecule has 0 spiro atoms. The van der Waals surface area contributed by atoms with E-state index in [2.05, 4.69) is 17.2 Å². The molecule has 18 heavy (non-hydrogen) atoms. The molecule has 2 rings (SSSR count). The molecule has 0 bridgehead atoms. The number of likely N-dealkylation sites (tertiary alicyclic amines) is 1. The molecular formula is C14H21N3O. The van der Waals surface area contributed by atoms with Crippen molar-refractivity contribution in [2.75, 3.05) is 19.6 Å². The van der Waals surface area contributed by atoms with E-state index in [9.17, 15) is 4.79 Å². The molecule has 1 unspecified atom stereocenters. The Morgan fingerprint density at radius 3 is 3.17 bits per heavy atom. The standard InChI is InChI=1S/C14H21N3O/c1-12-5-4-8-17(11-12)14(18)10-15-9-13-6-2-3-7-16-13/h2-3,6-7,12,15H,4-5,8-11H2,1H3. The molecule has 4 nitrogen and oxygen atoms in total. The molecule has 1 aliphatic rings. The van der Waals surface area contributed by atoms with E-state index in [4.69, 9.17) is 0 Å². The fourth-order valence-corrected chi connectivity index (χ4v) is 2.33. The highest BCUT2D eigenvalue weighted by Crippen LogP contribution is 2.15. The lowest BCUT2D eigenvalue weighted by atomic mass is 10.0. The molecule has 0 aliphatic carbocycles. The summed E-state index contributed by atoms with van der Waals surface area (Å²) in [6.07, 6.45) is 4.14. The van der Waals surface area contributed by atoms with Crippen LogP contribution in [0.15, 0.2) is 24.4 Å². The predicted molar refractivity (Wildman–Crippen MR) is 70.9 cm³/mol. The normalized spacial score (nSPS) is 19.8. The van der Waals surface area contributed by atoms with Crippen LogP contribution in [-0.2, 0) is 11.3 Å². The number of nitrogens with zero attached hydrogens (tertiary/aromatic N) is 2. The van der Waals surface area contributed by atoms with Crippen molar-refractivity contribution >= 4 is 5.91 Å². The van der Waals surface area contributed by atoms with Gasteiger partial charge in [-0.3, -0.25) is 9.78 Å². The van der Waals surface area contributed by atoms with Gasteiger partial charge in [-0.2, -0.15) is 0 Å². The summed E-state index contributed by atoms with van der Waals surface area (Å²) in [6, 6.07) is 5.81. The van der Waals surface area contributed by atoms with E-state index in [-0.39, 0.29) is 5.91 Å². The van der Waals surface area contributed by atoms with Gasteiger partial charge in [-0.15, -0.1) is 0 Å². The minimum atomic E-state index is 0.206. The second kappa shape index (κ2) is 6.50. The van der Waals surface area contributed by atoms with Crippen LogP contribution in [0.4, 0.5) is 0 Å². The Kier molecular flexibility index (Phi) is 4.70. The van der Waals surface area contributed by atoms with Gasteiger partial charge in [0.1, 0.15) is 0 Å². The van der Waals surface area contributed by atoms with Gasteiger partial charge in [-0.1, -0.05) is 13.0 Å². The lowest BCUT2D eigenvalue weighted by molar-refractivity contribution is -0.131. The third-order valence-corrected chi connectivity index (χ3v) is 3.32. The average molecular weight is 247 g/mol. The SMILES string of the molecule is CC1CCCN(C(=O)CNCc2ccccn2)C1. The zero-order valence-corrected chi connectivity index (χ0v) is 10.9. The van der Waals surface area contributed by atoms with Crippen LogP contribution in [0.25, 0.3) is 0 Å². The highest BCUT2D eigenvalue weighted by atomic mass is 16.2. The molecule has 0 radical (unpaired) electrons. The van der Waals surface area contributed by atoms with Crippen molar-refractivity contribution in [2.24, 2.45) is 5.92 Å². The monoisotopic (exact) mass is 247 g/mol. The number of rotatable bonds is 4. The van der Waals surface area contributed by atoms with Gasteiger partial charge in [0.2, 0.25) is 5.91 Å². The summed E-state index contributed by atoms with van der Waals surface area (Å²) >= 11 is 0. The molecule has 1 fully saturated rings. The van der Waals surface area contributed by atoms with Gasteiger partial charge < -0.3 is 10.2 Å². The summed E-state index contributed by atoms with van der Waals surface area (Å²) in [5.41, 5.74) is 0.970. The van der Waals surface area contributed by atoms with Crippen molar-refractivity contribution in [2.45, 2.75) is 26.3 Å². The summed E-state index contributed by atoms with van der Waals surface area (Å²) in [5.74, 6) is 0.843. The molecule has 1 aliphatic heterocycles. The number of hydrogen-bond donors (Lipinski definition) is 1. The molecule has 1 N–H and O–H groups in total. The Morgan fingerprint density at radius 1 is 1.56 bits per heavy atom. The number of carbonyl (C=O) groups is 1. The van der Waals surface area contributed by atoms with Gasteiger partial charge in [0, 0.05) is 25.8 Å². The Balaban J connectivity index is 1.71. The number of piperidine rings is 1. The predicted octanol–water partition coefficient (Wildman–Crippen LogP) is 1.43. The van der Waals surface area contributed by atoms with Crippen LogP contribution >= 0.6 is 0 Å². The van der Waals surface area contributed by atoms with Crippen molar-refractivity contribution in [1.82, 2.24) is 15.2 Å². The van der Waals surface area contributed by atoms with Crippen LogP contribution in [0, 0.1) is 5.92 Å². The van der Waals surface area contributed by atoms with Crippen LogP contribution in [-0.4, -0.2) is 35.4 Å². The van der Waals surface area contributed by atoms with Crippen molar-refractivity contribution in [3.63, 3.8) is 0 Å². The number of nitrogens with one attached hydrogen (secondary N) is 1. The fraction of sp³-hybridized carbons (Fsp3) is 0.571. The molecule has 0 aromatic carbocycles. The number of amides is 1. The minimum absolute atomic E-state index is 0.206. The summed E-state index contributed by atoms with van der Waals surface area (Å²) in [7, 11) is 0. The summed E-state index contributed by atoms with van der Waals surface area (Å²) in [6.45, 7) is 5.08. The third-order valence-electron chi connectivity index (χ3n) is 3.32. The first-order chi connectivity index (χ1) is 8.75. The first kappa shape index (κ1) is 13.0. The lowest BCUT2D eigenvalue weighted by Gasteiger charge is -2.31. The Labute approximate surface area is 108 Å². The minimum Gasteiger partial charge on any atom is -0.341 e. The molecule has 1 saturated heterocycles. The topological polar surface area (TPSA) is 45.2 Å². The Bertz CT molecular complexity index is 380. The largest absolute Gasteiger partial charge is 0.341 e. The summed E-state index contributed by atoms with van der Waals surface area (Å²) in [5, 5.41) is 3.16. The van der Waals surface area contributed by atoms with Crippen molar-refractivity contribution < 1.29 is 4.79 Å². The van der Waals surface area contributed by atoms with Gasteiger partial charge in [-0.25, -0.2) is 0 Å². The van der Waals surface area contributed by atoms with Crippen LogP contribution in [0.1, 0.15) is 25.5 Å². The maximum absolute atomic E-state index is 12.0. The van der Waals surface area contributed by atoms with Crippen molar-refractivity contribution in [3.05, 3.63) is 30.1 Å². The van der Waals surface area contributed by atoms with Crippen molar-refractivity contribution in [3.8, 4) is 0 Å². The highest BCUT2D eigenvalue weighted by molar-refractivity contribution is 5.78. The zero-order chi connectivity index (χ0) is 12.8. The first-order valence-corrected chi connectivity index (χ1v) is 6.64. The van der Waals surface area contributed by atoms with Gasteiger partial charge in [-0.05, 0) is 30.9 Å². The summed E-state index contributed by atoms with van der Waals surface area (Å²) in [4.78, 5) is 18.2.